The number of hydrogen-bond donors (Lipinski definition) is 0. The first kappa shape index (κ1) is 12.2. The van der Waals surface area contributed by atoms with Crippen LogP contribution in [0.4, 0.5) is 0 Å². The number of carbonyl (C=O) groups excluding carboxylic acids is 1. The van der Waals surface area contributed by atoms with Crippen LogP contribution in [0, 0.1) is 17.8 Å². The Labute approximate surface area is 116 Å². The van der Waals surface area contributed by atoms with Gasteiger partial charge in [-0.05, 0) is 36.3 Å². The fourth-order valence-electron chi connectivity index (χ4n) is 3.40. The fraction of sp³-hybridized carbons (Fsp3) is 0.533. The van der Waals surface area contributed by atoms with Crippen LogP contribution in [0.5, 0.6) is 0 Å². The van der Waals surface area contributed by atoms with Gasteiger partial charge < -0.3 is 4.90 Å². The monoisotopic (exact) mass is 307 g/mol. The summed E-state index contributed by atoms with van der Waals surface area (Å²) in [5, 5.41) is 0. The second-order valence-electron chi connectivity index (χ2n) is 5.57. The molecule has 0 spiro atoms. The molecule has 2 unspecified atom stereocenters. The molecule has 0 aliphatic heterocycles. The first-order chi connectivity index (χ1) is 8.68. The molecule has 18 heavy (non-hydrogen) atoms. The minimum Gasteiger partial charge on any atom is -0.341 e. The Morgan fingerprint density at radius 1 is 1.33 bits per heavy atom. The summed E-state index contributed by atoms with van der Waals surface area (Å²) in [6.45, 7) is 0.705. The maximum atomic E-state index is 12.3. The Morgan fingerprint density at radius 3 is 2.67 bits per heavy atom. The molecule has 2 aliphatic rings. The van der Waals surface area contributed by atoms with Crippen molar-refractivity contribution in [3.05, 3.63) is 34.3 Å². The molecule has 0 radical (unpaired) electrons. The molecule has 0 bridgehead atoms. The van der Waals surface area contributed by atoms with E-state index in [1.54, 1.807) is 0 Å². The molecule has 2 nitrogen and oxygen atoms in total. The number of hydrogen-bond acceptors (Lipinski definition) is 1. The van der Waals surface area contributed by atoms with E-state index in [1.807, 2.05) is 30.1 Å². The summed E-state index contributed by atoms with van der Waals surface area (Å²) in [5.74, 6) is 2.10. The third kappa shape index (κ3) is 2.09. The predicted octanol–water partition coefficient (Wildman–Crippen LogP) is 3.45. The zero-order valence-corrected chi connectivity index (χ0v) is 12.2. The van der Waals surface area contributed by atoms with E-state index in [0.29, 0.717) is 30.2 Å². The molecule has 96 valence electrons. The zero-order chi connectivity index (χ0) is 12.7. The van der Waals surface area contributed by atoms with E-state index in [2.05, 4.69) is 22.0 Å². The molecule has 0 heterocycles. The van der Waals surface area contributed by atoms with Gasteiger partial charge in [0.15, 0.2) is 0 Å². The van der Waals surface area contributed by atoms with E-state index < -0.39 is 0 Å². The minimum absolute atomic E-state index is 0.339. The molecule has 0 N–H and O–H groups in total. The quantitative estimate of drug-likeness (QED) is 0.837. The van der Waals surface area contributed by atoms with Gasteiger partial charge in [0.1, 0.15) is 0 Å². The second kappa shape index (κ2) is 4.69. The van der Waals surface area contributed by atoms with E-state index in [1.165, 1.54) is 24.8 Å². The van der Waals surface area contributed by atoms with Gasteiger partial charge in [-0.15, -0.1) is 0 Å². The largest absolute Gasteiger partial charge is 0.341 e. The van der Waals surface area contributed by atoms with Crippen molar-refractivity contribution < 1.29 is 4.79 Å². The van der Waals surface area contributed by atoms with Crippen LogP contribution in [0.3, 0.4) is 0 Å². The van der Waals surface area contributed by atoms with Gasteiger partial charge >= 0.3 is 0 Å². The predicted molar refractivity (Wildman–Crippen MR) is 74.9 cm³/mol. The number of amides is 1. The molecule has 0 saturated heterocycles. The molecular formula is C15H18BrNO. The number of rotatable bonds is 3. The van der Waals surface area contributed by atoms with Crippen LogP contribution >= 0.6 is 15.9 Å². The molecule has 0 aromatic heterocycles. The fourth-order valence-corrected chi connectivity index (χ4v) is 3.81. The molecular weight excluding hydrogens is 290 g/mol. The Morgan fingerprint density at radius 2 is 2.00 bits per heavy atom. The maximum Gasteiger partial charge on any atom is 0.226 e. The van der Waals surface area contributed by atoms with Crippen molar-refractivity contribution in [1.82, 2.24) is 4.90 Å². The van der Waals surface area contributed by atoms with Gasteiger partial charge in [0.05, 0.1) is 0 Å². The molecule has 1 amide bonds. The van der Waals surface area contributed by atoms with Gasteiger partial charge in [-0.2, -0.15) is 0 Å². The van der Waals surface area contributed by atoms with Crippen molar-refractivity contribution >= 4 is 21.8 Å². The third-order valence-electron chi connectivity index (χ3n) is 4.43. The molecule has 2 saturated carbocycles. The SMILES string of the molecule is CN(Cc1ccccc1Br)C(=O)C1C2CCCC21. The van der Waals surface area contributed by atoms with Crippen molar-refractivity contribution in [1.29, 1.82) is 0 Å². The number of nitrogens with zero attached hydrogens (tertiary/aromatic N) is 1. The summed E-state index contributed by atoms with van der Waals surface area (Å²) in [4.78, 5) is 14.2. The first-order valence-electron chi connectivity index (χ1n) is 6.67. The number of fused-ring (bicyclic) bond motifs is 1. The van der Waals surface area contributed by atoms with Crippen LogP contribution < -0.4 is 0 Å². The van der Waals surface area contributed by atoms with Crippen LogP contribution in [0.15, 0.2) is 28.7 Å². The van der Waals surface area contributed by atoms with Gasteiger partial charge in [0, 0.05) is 24.0 Å². The third-order valence-corrected chi connectivity index (χ3v) is 5.21. The van der Waals surface area contributed by atoms with Gasteiger partial charge in [-0.3, -0.25) is 4.79 Å². The molecule has 1 aromatic carbocycles. The van der Waals surface area contributed by atoms with Crippen LogP contribution in [-0.2, 0) is 11.3 Å². The Bertz CT molecular complexity index is 463. The van der Waals surface area contributed by atoms with Crippen LogP contribution in [0.25, 0.3) is 0 Å². The lowest BCUT2D eigenvalue weighted by Crippen LogP contribution is -2.29. The highest BCUT2D eigenvalue weighted by atomic mass is 79.9. The molecule has 1 aromatic rings. The summed E-state index contributed by atoms with van der Waals surface area (Å²) in [6.07, 6.45) is 3.86. The van der Waals surface area contributed by atoms with Crippen LogP contribution in [0.2, 0.25) is 0 Å². The second-order valence-corrected chi connectivity index (χ2v) is 6.42. The Hall–Kier alpha value is -0.830. The van der Waals surface area contributed by atoms with Gasteiger partial charge in [-0.25, -0.2) is 0 Å². The van der Waals surface area contributed by atoms with Gasteiger partial charge in [-0.1, -0.05) is 40.5 Å². The topological polar surface area (TPSA) is 20.3 Å². The van der Waals surface area contributed by atoms with E-state index >= 15 is 0 Å². The van der Waals surface area contributed by atoms with Gasteiger partial charge in [0.2, 0.25) is 5.91 Å². The lowest BCUT2D eigenvalue weighted by molar-refractivity contribution is -0.132. The Kier molecular flexibility index (Phi) is 3.18. The van der Waals surface area contributed by atoms with E-state index in [9.17, 15) is 4.79 Å². The average molecular weight is 308 g/mol. The summed E-state index contributed by atoms with van der Waals surface area (Å²) >= 11 is 3.54. The number of carbonyl (C=O) groups is 1. The zero-order valence-electron chi connectivity index (χ0n) is 10.6. The standard InChI is InChI=1S/C15H18BrNO/c1-17(9-10-5-2-3-8-13(10)16)15(18)14-11-6-4-7-12(11)14/h2-3,5,8,11-12,14H,4,6-7,9H2,1H3. The molecule has 2 aliphatic carbocycles. The van der Waals surface area contributed by atoms with Crippen molar-refractivity contribution in [3.8, 4) is 0 Å². The van der Waals surface area contributed by atoms with Gasteiger partial charge in [0.25, 0.3) is 0 Å². The summed E-state index contributed by atoms with van der Waals surface area (Å²) in [6, 6.07) is 8.12. The highest BCUT2D eigenvalue weighted by Crippen LogP contribution is 2.58. The van der Waals surface area contributed by atoms with Crippen LogP contribution in [-0.4, -0.2) is 17.9 Å². The lowest BCUT2D eigenvalue weighted by Gasteiger charge is -2.19. The van der Waals surface area contributed by atoms with Crippen LogP contribution in [0.1, 0.15) is 24.8 Å². The Balaban J connectivity index is 1.63. The van der Waals surface area contributed by atoms with E-state index in [-0.39, 0.29) is 0 Å². The van der Waals surface area contributed by atoms with E-state index in [4.69, 9.17) is 0 Å². The lowest BCUT2D eigenvalue weighted by atomic mass is 10.1. The summed E-state index contributed by atoms with van der Waals surface area (Å²) < 4.78 is 1.08. The van der Waals surface area contributed by atoms with Crippen molar-refractivity contribution in [2.45, 2.75) is 25.8 Å². The normalized spacial score (nSPS) is 28.9. The first-order valence-corrected chi connectivity index (χ1v) is 7.46. The molecule has 2 fully saturated rings. The number of halogens is 1. The maximum absolute atomic E-state index is 12.3. The number of benzene rings is 1. The minimum atomic E-state index is 0.339. The molecule has 3 heteroatoms. The molecule has 2 atom stereocenters. The van der Waals surface area contributed by atoms with Crippen molar-refractivity contribution in [2.24, 2.45) is 17.8 Å². The molecule has 3 rings (SSSR count). The van der Waals surface area contributed by atoms with Crippen molar-refractivity contribution in [3.63, 3.8) is 0 Å². The summed E-state index contributed by atoms with van der Waals surface area (Å²) in [7, 11) is 1.93. The highest BCUT2D eigenvalue weighted by molar-refractivity contribution is 9.10. The summed E-state index contributed by atoms with van der Waals surface area (Å²) in [5.41, 5.74) is 1.18. The average Bonchev–Trinajstić information content (AvgIpc) is 2.83. The smallest absolute Gasteiger partial charge is 0.226 e. The highest BCUT2D eigenvalue weighted by Gasteiger charge is 2.57. The van der Waals surface area contributed by atoms with E-state index in [0.717, 1.165) is 4.47 Å². The van der Waals surface area contributed by atoms with Crippen molar-refractivity contribution in [2.75, 3.05) is 7.05 Å².